The second kappa shape index (κ2) is 7.71. The molecule has 0 atom stereocenters. The van der Waals surface area contributed by atoms with E-state index in [0.29, 0.717) is 51.6 Å². The monoisotopic (exact) mass is 407 g/mol. The van der Waals surface area contributed by atoms with E-state index < -0.39 is 17.6 Å². The van der Waals surface area contributed by atoms with Crippen molar-refractivity contribution in [3.8, 4) is 0 Å². The number of aryl methyl sites for hydroxylation is 1. The van der Waals surface area contributed by atoms with Gasteiger partial charge in [0.15, 0.2) is 11.6 Å². The van der Waals surface area contributed by atoms with Gasteiger partial charge in [-0.05, 0) is 70.3 Å². The SMILES string of the molecule is C=CC1=c2c(ccn/c2=C\c2c(CC(=O)O)c(C)cc3cc(F)c(F)cc23)CCO1. The number of aromatic nitrogens is 1. The summed E-state index contributed by atoms with van der Waals surface area (Å²) in [6.07, 6.45) is 5.45. The van der Waals surface area contributed by atoms with E-state index in [1.807, 2.05) is 6.07 Å². The summed E-state index contributed by atoms with van der Waals surface area (Å²) in [4.78, 5) is 16.0. The number of fused-ring (bicyclic) bond motifs is 2. The zero-order valence-corrected chi connectivity index (χ0v) is 16.3. The van der Waals surface area contributed by atoms with Crippen molar-refractivity contribution in [2.75, 3.05) is 6.61 Å². The number of aliphatic carboxylic acids is 1. The van der Waals surface area contributed by atoms with Gasteiger partial charge in [0.1, 0.15) is 5.76 Å². The molecule has 1 aliphatic rings. The second-order valence-electron chi connectivity index (χ2n) is 7.19. The first-order valence-electron chi connectivity index (χ1n) is 9.47. The minimum absolute atomic E-state index is 0.254. The van der Waals surface area contributed by atoms with Gasteiger partial charge in [0.2, 0.25) is 0 Å². The standard InChI is InChI=1S/C24H19F2NO3/c1-3-22-24-14(5-7-30-22)4-6-27-21(24)11-18-16(12-23(28)29)13(2)8-15-9-19(25)20(26)10-17(15)18/h3-4,6,8-11H,1,5,7,12H2,2H3,(H,28,29)/b21-11-. The molecule has 0 spiro atoms. The third-order valence-electron chi connectivity index (χ3n) is 5.29. The Balaban J connectivity index is 2.16. The number of hydrogen-bond acceptors (Lipinski definition) is 3. The van der Waals surface area contributed by atoms with Crippen LogP contribution in [0, 0.1) is 18.6 Å². The maximum Gasteiger partial charge on any atom is 0.307 e. The molecule has 2 aromatic carbocycles. The van der Waals surface area contributed by atoms with Crippen LogP contribution in [0.4, 0.5) is 8.78 Å². The first kappa shape index (κ1) is 19.8. The molecule has 0 radical (unpaired) electrons. The summed E-state index contributed by atoms with van der Waals surface area (Å²) in [6, 6.07) is 5.80. The molecular formula is C24H19F2NO3. The van der Waals surface area contributed by atoms with Gasteiger partial charge >= 0.3 is 5.97 Å². The van der Waals surface area contributed by atoms with Crippen molar-refractivity contribution in [2.45, 2.75) is 19.8 Å². The number of hydrogen-bond donors (Lipinski definition) is 1. The maximum atomic E-state index is 14.1. The average molecular weight is 407 g/mol. The molecule has 0 bridgehead atoms. The maximum absolute atomic E-state index is 14.1. The smallest absolute Gasteiger partial charge is 0.307 e. The highest BCUT2D eigenvalue weighted by Crippen LogP contribution is 2.29. The fourth-order valence-electron chi connectivity index (χ4n) is 3.92. The Hall–Kier alpha value is -3.54. The van der Waals surface area contributed by atoms with Crippen molar-refractivity contribution in [2.24, 2.45) is 0 Å². The van der Waals surface area contributed by atoms with Gasteiger partial charge in [-0.1, -0.05) is 12.6 Å². The van der Waals surface area contributed by atoms with Gasteiger partial charge in [0.25, 0.3) is 0 Å². The molecule has 0 saturated heterocycles. The zero-order chi connectivity index (χ0) is 21.4. The van der Waals surface area contributed by atoms with Gasteiger partial charge in [-0.2, -0.15) is 0 Å². The van der Waals surface area contributed by atoms with Crippen LogP contribution >= 0.6 is 0 Å². The summed E-state index contributed by atoms with van der Waals surface area (Å²) >= 11 is 0. The molecule has 0 saturated carbocycles. The van der Waals surface area contributed by atoms with E-state index in [4.69, 9.17) is 4.74 Å². The van der Waals surface area contributed by atoms with E-state index >= 15 is 0 Å². The van der Waals surface area contributed by atoms with E-state index in [0.717, 1.165) is 22.9 Å². The predicted molar refractivity (Wildman–Crippen MR) is 110 cm³/mol. The predicted octanol–water partition coefficient (Wildman–Crippen LogP) is 3.14. The van der Waals surface area contributed by atoms with Gasteiger partial charge in [0, 0.05) is 17.8 Å². The number of carbonyl (C=O) groups is 1. The second-order valence-corrected chi connectivity index (χ2v) is 7.19. The quantitative estimate of drug-likeness (QED) is 0.722. The van der Waals surface area contributed by atoms with Gasteiger partial charge in [-0.3, -0.25) is 9.78 Å². The highest BCUT2D eigenvalue weighted by molar-refractivity contribution is 5.94. The van der Waals surface area contributed by atoms with Crippen LogP contribution in [0.25, 0.3) is 22.6 Å². The molecule has 0 aliphatic carbocycles. The zero-order valence-electron chi connectivity index (χ0n) is 16.3. The lowest BCUT2D eigenvalue weighted by Gasteiger charge is -2.16. The van der Waals surface area contributed by atoms with Crippen molar-refractivity contribution >= 4 is 28.6 Å². The minimum atomic E-state index is -1.01. The normalized spacial score (nSPS) is 13.8. The Bertz CT molecular complexity index is 1330. The van der Waals surface area contributed by atoms with Crippen LogP contribution in [-0.4, -0.2) is 22.7 Å². The number of carboxylic acids is 1. The number of carboxylic acid groups (broad SMARTS) is 1. The molecular weight excluding hydrogens is 388 g/mol. The number of ether oxygens (including phenoxy) is 1. The van der Waals surface area contributed by atoms with Crippen LogP contribution in [0.1, 0.15) is 22.3 Å². The topological polar surface area (TPSA) is 59.4 Å². The summed E-state index contributed by atoms with van der Waals surface area (Å²) < 4.78 is 33.7. The molecule has 1 aromatic heterocycles. The van der Waals surface area contributed by atoms with Crippen LogP contribution in [0.15, 0.2) is 43.1 Å². The molecule has 0 amide bonds. The van der Waals surface area contributed by atoms with Crippen LogP contribution in [0.3, 0.4) is 0 Å². The Kier molecular flexibility index (Phi) is 5.08. The van der Waals surface area contributed by atoms with Crippen LogP contribution in [-0.2, 0) is 22.4 Å². The molecule has 4 nitrogen and oxygen atoms in total. The van der Waals surface area contributed by atoms with E-state index in [1.54, 1.807) is 31.3 Å². The molecule has 30 heavy (non-hydrogen) atoms. The number of nitrogens with zero attached hydrogens (tertiary/aromatic N) is 1. The molecule has 1 N–H and O–H groups in total. The summed E-state index contributed by atoms with van der Waals surface area (Å²) in [5, 5.41) is 11.7. The van der Waals surface area contributed by atoms with Gasteiger partial charge in [0.05, 0.1) is 18.4 Å². The Morgan fingerprint density at radius 2 is 2.07 bits per heavy atom. The molecule has 2 heterocycles. The number of benzene rings is 2. The van der Waals surface area contributed by atoms with E-state index in [9.17, 15) is 18.7 Å². The molecule has 0 unspecified atom stereocenters. The largest absolute Gasteiger partial charge is 0.493 e. The average Bonchev–Trinajstić information content (AvgIpc) is 2.71. The number of pyridine rings is 1. The van der Waals surface area contributed by atoms with Crippen molar-refractivity contribution in [3.63, 3.8) is 0 Å². The van der Waals surface area contributed by atoms with E-state index in [-0.39, 0.29) is 6.42 Å². The summed E-state index contributed by atoms with van der Waals surface area (Å²) in [6.45, 7) is 6.09. The Labute approximate surface area is 171 Å². The van der Waals surface area contributed by atoms with Gasteiger partial charge in [-0.25, -0.2) is 8.78 Å². The van der Waals surface area contributed by atoms with Crippen molar-refractivity contribution < 1.29 is 23.4 Å². The van der Waals surface area contributed by atoms with Crippen molar-refractivity contribution in [3.05, 3.63) is 87.6 Å². The summed E-state index contributed by atoms with van der Waals surface area (Å²) in [5.41, 5.74) is 2.74. The van der Waals surface area contributed by atoms with Crippen LogP contribution < -0.4 is 10.6 Å². The van der Waals surface area contributed by atoms with Crippen LogP contribution in [0.5, 0.6) is 0 Å². The molecule has 152 valence electrons. The highest BCUT2D eigenvalue weighted by atomic mass is 19.2. The lowest BCUT2D eigenvalue weighted by atomic mass is 9.92. The third-order valence-corrected chi connectivity index (χ3v) is 5.29. The van der Waals surface area contributed by atoms with Crippen molar-refractivity contribution in [1.29, 1.82) is 0 Å². The fraction of sp³-hybridized carbons (Fsp3) is 0.167. The first-order chi connectivity index (χ1) is 14.4. The minimum Gasteiger partial charge on any atom is -0.493 e. The molecule has 3 aromatic rings. The third kappa shape index (κ3) is 3.45. The first-order valence-corrected chi connectivity index (χ1v) is 9.47. The van der Waals surface area contributed by atoms with Gasteiger partial charge in [-0.15, -0.1) is 0 Å². The number of halogens is 2. The Morgan fingerprint density at radius 3 is 2.80 bits per heavy atom. The van der Waals surface area contributed by atoms with Crippen LogP contribution in [0.2, 0.25) is 0 Å². The Morgan fingerprint density at radius 1 is 1.30 bits per heavy atom. The molecule has 6 heteroatoms. The molecule has 1 aliphatic heterocycles. The summed E-state index contributed by atoms with van der Waals surface area (Å²) in [7, 11) is 0. The number of rotatable bonds is 4. The molecule has 0 fully saturated rings. The lowest BCUT2D eigenvalue weighted by Crippen LogP contribution is -2.37. The van der Waals surface area contributed by atoms with E-state index in [1.165, 1.54) is 0 Å². The summed E-state index contributed by atoms with van der Waals surface area (Å²) in [5.74, 6) is -2.37. The van der Waals surface area contributed by atoms with Gasteiger partial charge < -0.3 is 9.84 Å². The van der Waals surface area contributed by atoms with E-state index in [2.05, 4.69) is 11.6 Å². The lowest BCUT2D eigenvalue weighted by molar-refractivity contribution is -0.136. The highest BCUT2D eigenvalue weighted by Gasteiger charge is 2.16. The molecule has 4 rings (SSSR count). The fourth-order valence-corrected chi connectivity index (χ4v) is 3.92. The van der Waals surface area contributed by atoms with Crippen molar-refractivity contribution in [1.82, 2.24) is 4.98 Å².